The van der Waals surface area contributed by atoms with E-state index in [1.165, 1.54) is 12.4 Å². The fourth-order valence-electron chi connectivity index (χ4n) is 1.46. The summed E-state index contributed by atoms with van der Waals surface area (Å²) in [7, 11) is 0. The molecule has 0 fully saturated rings. The fraction of sp³-hybridized carbons (Fsp3) is 0.667. The zero-order valence-electron chi connectivity index (χ0n) is 13.7. The van der Waals surface area contributed by atoms with Crippen LogP contribution in [0.1, 0.15) is 54.9 Å². The summed E-state index contributed by atoms with van der Waals surface area (Å²) < 4.78 is 0. The third kappa shape index (κ3) is 9.73. The van der Waals surface area contributed by atoms with Crippen molar-refractivity contribution in [3.8, 4) is 0 Å². The molecule has 0 saturated carbocycles. The van der Waals surface area contributed by atoms with Crippen LogP contribution in [0.5, 0.6) is 0 Å². The molecule has 1 amide bonds. The zero-order valence-corrected chi connectivity index (χ0v) is 14.5. The van der Waals surface area contributed by atoms with Gasteiger partial charge in [-0.2, -0.15) is 0 Å². The van der Waals surface area contributed by atoms with E-state index < -0.39 is 0 Å². The molecular weight excluding hydrogens is 274 g/mol. The second kappa shape index (κ2) is 12.9. The Bertz CT molecular complexity index is 353. The van der Waals surface area contributed by atoms with Crippen LogP contribution in [-0.4, -0.2) is 15.9 Å². The first-order chi connectivity index (χ1) is 9.49. The van der Waals surface area contributed by atoms with Crippen LogP contribution < -0.4 is 5.32 Å². The highest BCUT2D eigenvalue weighted by atomic mass is 35.5. The van der Waals surface area contributed by atoms with Crippen LogP contribution in [0.4, 0.5) is 5.69 Å². The van der Waals surface area contributed by atoms with Crippen molar-refractivity contribution in [2.75, 3.05) is 5.32 Å². The van der Waals surface area contributed by atoms with Gasteiger partial charge < -0.3 is 5.32 Å². The molecule has 1 aromatic heterocycles. The van der Waals surface area contributed by atoms with Crippen LogP contribution in [0.15, 0.2) is 12.4 Å². The predicted molar refractivity (Wildman–Crippen MR) is 87.0 cm³/mol. The van der Waals surface area contributed by atoms with E-state index in [9.17, 15) is 4.79 Å². The minimum absolute atomic E-state index is 0.0142. The van der Waals surface area contributed by atoms with Gasteiger partial charge in [-0.3, -0.25) is 4.79 Å². The van der Waals surface area contributed by atoms with Crippen LogP contribution >= 0.6 is 11.6 Å². The first-order valence-electron chi connectivity index (χ1n) is 7.27. The average molecular weight is 302 g/mol. The largest absolute Gasteiger partial charge is 0.323 e. The summed E-state index contributed by atoms with van der Waals surface area (Å²) in [5.74, 6) is 0.470. The molecule has 5 heteroatoms. The summed E-state index contributed by atoms with van der Waals surface area (Å²) in [4.78, 5) is 19.3. The molecule has 1 unspecified atom stereocenters. The summed E-state index contributed by atoms with van der Waals surface area (Å²) in [6.07, 6.45) is 3.85. The Morgan fingerprint density at radius 2 is 1.60 bits per heavy atom. The van der Waals surface area contributed by atoms with E-state index in [4.69, 9.17) is 11.6 Å². The number of hydrogen-bond donors (Lipinski definition) is 1. The van der Waals surface area contributed by atoms with Gasteiger partial charge in [0.2, 0.25) is 11.2 Å². The third-order valence-electron chi connectivity index (χ3n) is 2.16. The van der Waals surface area contributed by atoms with E-state index in [1.807, 2.05) is 34.6 Å². The highest BCUT2D eigenvalue weighted by Crippen LogP contribution is 2.14. The van der Waals surface area contributed by atoms with Crippen LogP contribution in [0.3, 0.4) is 0 Å². The number of rotatable bonds is 4. The van der Waals surface area contributed by atoms with Gasteiger partial charge in [0, 0.05) is 5.92 Å². The van der Waals surface area contributed by atoms with Crippen molar-refractivity contribution in [3.63, 3.8) is 0 Å². The number of nitrogens with zero attached hydrogens (tertiary/aromatic N) is 2. The van der Waals surface area contributed by atoms with Gasteiger partial charge in [0.15, 0.2) is 0 Å². The Morgan fingerprint density at radius 3 is 2.00 bits per heavy atom. The van der Waals surface area contributed by atoms with Gasteiger partial charge >= 0.3 is 0 Å². The molecule has 0 aliphatic carbocycles. The summed E-state index contributed by atoms with van der Waals surface area (Å²) in [5.41, 5.74) is 0.574. The predicted octanol–water partition coefficient (Wildman–Crippen LogP) is 4.80. The quantitative estimate of drug-likeness (QED) is 0.812. The normalized spacial score (nSPS) is 10.7. The number of nitrogens with one attached hydrogen (secondary N) is 1. The SMILES string of the molecule is CC.CC.CC(C)CC(C)C(=O)Nc1cnc(Cl)nc1. The second-order valence-electron chi connectivity index (χ2n) is 4.26. The second-order valence-corrected chi connectivity index (χ2v) is 4.60. The molecule has 0 aliphatic heterocycles. The Labute approximate surface area is 128 Å². The Balaban J connectivity index is 0. The molecule has 20 heavy (non-hydrogen) atoms. The molecular formula is C15H28ClN3O. The van der Waals surface area contributed by atoms with Gasteiger partial charge in [0.05, 0.1) is 18.1 Å². The highest BCUT2D eigenvalue weighted by Gasteiger charge is 2.14. The maximum Gasteiger partial charge on any atom is 0.227 e. The topological polar surface area (TPSA) is 54.9 Å². The molecule has 0 radical (unpaired) electrons. The Morgan fingerprint density at radius 1 is 1.15 bits per heavy atom. The molecule has 0 bridgehead atoms. The lowest BCUT2D eigenvalue weighted by Gasteiger charge is -2.13. The highest BCUT2D eigenvalue weighted by molar-refractivity contribution is 6.28. The van der Waals surface area contributed by atoms with Gasteiger partial charge in [0.1, 0.15) is 0 Å². The lowest BCUT2D eigenvalue weighted by Crippen LogP contribution is -2.21. The van der Waals surface area contributed by atoms with Gasteiger partial charge in [-0.05, 0) is 23.9 Å². The van der Waals surface area contributed by atoms with Crippen molar-refractivity contribution in [2.45, 2.75) is 54.9 Å². The van der Waals surface area contributed by atoms with Crippen LogP contribution in [0.25, 0.3) is 0 Å². The number of amides is 1. The summed E-state index contributed by atoms with van der Waals surface area (Å²) in [5, 5.41) is 2.93. The minimum atomic E-state index is -0.0179. The van der Waals surface area contributed by atoms with E-state index in [2.05, 4.69) is 29.1 Å². The summed E-state index contributed by atoms with van der Waals surface area (Å²) in [6, 6.07) is 0. The molecule has 1 N–H and O–H groups in total. The number of anilines is 1. The van der Waals surface area contributed by atoms with Crippen molar-refractivity contribution >= 4 is 23.2 Å². The van der Waals surface area contributed by atoms with Crippen molar-refractivity contribution in [1.29, 1.82) is 0 Å². The monoisotopic (exact) mass is 301 g/mol. The average Bonchev–Trinajstić information content (AvgIpc) is 2.45. The molecule has 0 spiro atoms. The fourth-order valence-corrected chi connectivity index (χ4v) is 1.55. The van der Waals surface area contributed by atoms with Crippen molar-refractivity contribution < 1.29 is 4.79 Å². The minimum Gasteiger partial charge on any atom is -0.323 e. The number of carbonyl (C=O) groups excluding carboxylic acids is 1. The lowest BCUT2D eigenvalue weighted by atomic mass is 9.98. The van der Waals surface area contributed by atoms with Crippen molar-refractivity contribution in [2.24, 2.45) is 11.8 Å². The standard InChI is InChI=1S/C11H16ClN3O.2C2H6/c1-7(2)4-8(3)10(16)15-9-5-13-11(12)14-6-9;2*1-2/h5-8H,4H2,1-3H3,(H,15,16);2*1-2H3. The van der Waals surface area contributed by atoms with E-state index in [-0.39, 0.29) is 17.1 Å². The molecule has 1 heterocycles. The molecule has 1 aromatic rings. The summed E-state index contributed by atoms with van der Waals surface area (Å²) in [6.45, 7) is 14.1. The van der Waals surface area contributed by atoms with E-state index in [0.717, 1.165) is 6.42 Å². The molecule has 0 aromatic carbocycles. The number of carbonyl (C=O) groups is 1. The molecule has 0 aliphatic rings. The number of aromatic nitrogens is 2. The van der Waals surface area contributed by atoms with Gasteiger partial charge in [-0.25, -0.2) is 9.97 Å². The molecule has 0 saturated heterocycles. The Kier molecular flexibility index (Phi) is 13.6. The summed E-state index contributed by atoms with van der Waals surface area (Å²) >= 11 is 5.54. The maximum absolute atomic E-state index is 11.7. The zero-order chi connectivity index (χ0) is 16.1. The number of halogens is 1. The smallest absolute Gasteiger partial charge is 0.227 e. The first kappa shape index (κ1) is 21.1. The van der Waals surface area contributed by atoms with Gasteiger partial charge in [-0.1, -0.05) is 48.5 Å². The maximum atomic E-state index is 11.7. The van der Waals surface area contributed by atoms with E-state index in [1.54, 1.807) is 0 Å². The number of hydrogen-bond acceptors (Lipinski definition) is 3. The van der Waals surface area contributed by atoms with Crippen LogP contribution in [0.2, 0.25) is 5.28 Å². The Hall–Kier alpha value is -1.16. The molecule has 4 nitrogen and oxygen atoms in total. The third-order valence-corrected chi connectivity index (χ3v) is 2.36. The molecule has 116 valence electrons. The van der Waals surface area contributed by atoms with E-state index >= 15 is 0 Å². The van der Waals surface area contributed by atoms with Crippen LogP contribution in [0, 0.1) is 11.8 Å². The molecule has 1 atom stereocenters. The lowest BCUT2D eigenvalue weighted by molar-refractivity contribution is -0.119. The van der Waals surface area contributed by atoms with Gasteiger partial charge in [-0.15, -0.1) is 0 Å². The van der Waals surface area contributed by atoms with Gasteiger partial charge in [0.25, 0.3) is 0 Å². The first-order valence-corrected chi connectivity index (χ1v) is 7.65. The van der Waals surface area contributed by atoms with Crippen molar-refractivity contribution in [1.82, 2.24) is 9.97 Å². The molecule has 1 rings (SSSR count). The van der Waals surface area contributed by atoms with Crippen LogP contribution in [-0.2, 0) is 4.79 Å². The van der Waals surface area contributed by atoms with Crippen molar-refractivity contribution in [3.05, 3.63) is 17.7 Å². The van der Waals surface area contributed by atoms with E-state index in [0.29, 0.717) is 11.6 Å².